The van der Waals surface area contributed by atoms with Gasteiger partial charge in [0, 0.05) is 23.3 Å². The molecule has 5 N–H and O–H groups in total. The Hall–Kier alpha value is -2.52. The fourth-order valence-electron chi connectivity index (χ4n) is 3.40. The molecule has 174 valence electrons. The summed E-state index contributed by atoms with van der Waals surface area (Å²) in [6.45, 7) is 4.11. The van der Waals surface area contributed by atoms with Crippen LogP contribution < -0.4 is 20.7 Å². The summed E-state index contributed by atoms with van der Waals surface area (Å²) in [4.78, 5) is 22.9. The Kier molecular flexibility index (Phi) is 8.74. The van der Waals surface area contributed by atoms with Crippen molar-refractivity contribution in [3.8, 4) is 11.5 Å². The van der Waals surface area contributed by atoms with Gasteiger partial charge in [0.2, 0.25) is 5.91 Å². The molecule has 2 amide bonds. The molecule has 8 nitrogen and oxygen atoms in total. The SMILES string of the molecule is CC(C)(Cc1ccc(NC(=O)CCl)cc1)NCC(O)c1ccc(O)c2c1OCC(=O)N2.Cl. The number of benzene rings is 2. The van der Waals surface area contributed by atoms with E-state index in [4.69, 9.17) is 16.3 Å². The molecule has 0 aliphatic carbocycles. The van der Waals surface area contributed by atoms with Gasteiger partial charge in [-0.05, 0) is 50.1 Å². The first-order valence-corrected chi connectivity index (χ1v) is 10.4. The molecule has 3 rings (SSSR count). The molecule has 0 saturated carbocycles. The molecule has 1 heterocycles. The summed E-state index contributed by atoms with van der Waals surface area (Å²) in [6.07, 6.45) is -0.222. The second kappa shape index (κ2) is 10.9. The maximum atomic E-state index is 11.5. The van der Waals surface area contributed by atoms with Crippen LogP contribution in [0.2, 0.25) is 0 Å². The van der Waals surface area contributed by atoms with Gasteiger partial charge in [0.15, 0.2) is 12.4 Å². The topological polar surface area (TPSA) is 120 Å². The molecule has 0 aromatic heterocycles. The lowest BCUT2D eigenvalue weighted by molar-refractivity contribution is -0.118. The van der Waals surface area contributed by atoms with Gasteiger partial charge in [0.05, 0.1) is 6.10 Å². The van der Waals surface area contributed by atoms with Gasteiger partial charge in [-0.2, -0.15) is 0 Å². The molecule has 0 spiro atoms. The van der Waals surface area contributed by atoms with Crippen molar-refractivity contribution in [2.45, 2.75) is 31.9 Å². The summed E-state index contributed by atoms with van der Waals surface area (Å²) >= 11 is 5.50. The van der Waals surface area contributed by atoms with Crippen molar-refractivity contribution in [2.24, 2.45) is 0 Å². The number of nitrogens with one attached hydrogen (secondary N) is 3. The second-order valence-corrected chi connectivity index (χ2v) is 8.32. The van der Waals surface area contributed by atoms with Gasteiger partial charge in [-0.3, -0.25) is 9.59 Å². The monoisotopic (exact) mass is 483 g/mol. The van der Waals surface area contributed by atoms with E-state index in [9.17, 15) is 19.8 Å². The number of fused-ring (bicyclic) bond motifs is 1. The Morgan fingerprint density at radius 2 is 1.94 bits per heavy atom. The number of aromatic hydroxyl groups is 1. The second-order valence-electron chi connectivity index (χ2n) is 8.05. The van der Waals surface area contributed by atoms with Gasteiger partial charge in [-0.1, -0.05) is 12.1 Å². The summed E-state index contributed by atoms with van der Waals surface area (Å²) < 4.78 is 5.45. The number of phenolic OH excluding ortho intramolecular Hbond substituents is 1. The van der Waals surface area contributed by atoms with Gasteiger partial charge in [-0.15, -0.1) is 24.0 Å². The van der Waals surface area contributed by atoms with E-state index >= 15 is 0 Å². The Morgan fingerprint density at radius 3 is 2.59 bits per heavy atom. The van der Waals surface area contributed by atoms with Crippen LogP contribution in [0, 0.1) is 0 Å². The molecular weight excluding hydrogens is 457 g/mol. The first-order valence-electron chi connectivity index (χ1n) is 9.85. The van der Waals surface area contributed by atoms with Gasteiger partial charge < -0.3 is 30.9 Å². The smallest absolute Gasteiger partial charge is 0.262 e. The number of carbonyl (C=O) groups is 2. The summed E-state index contributed by atoms with van der Waals surface area (Å²) in [6, 6.07) is 10.5. The van der Waals surface area contributed by atoms with Crippen LogP contribution in [0.3, 0.4) is 0 Å². The number of carbonyl (C=O) groups excluding carboxylic acids is 2. The van der Waals surface area contributed by atoms with E-state index in [1.165, 1.54) is 6.07 Å². The third-order valence-electron chi connectivity index (χ3n) is 4.92. The summed E-state index contributed by atoms with van der Waals surface area (Å²) in [5.41, 5.74) is 2.06. The number of aliphatic hydroxyl groups excluding tert-OH is 1. The van der Waals surface area contributed by atoms with E-state index in [1.807, 2.05) is 38.1 Å². The minimum atomic E-state index is -0.906. The summed E-state index contributed by atoms with van der Waals surface area (Å²) in [5.74, 6) is -0.547. The van der Waals surface area contributed by atoms with Crippen molar-refractivity contribution in [1.82, 2.24) is 5.32 Å². The lowest BCUT2D eigenvalue weighted by Gasteiger charge is -2.29. The minimum absolute atomic E-state index is 0. The molecule has 0 bridgehead atoms. The standard InChI is InChI=1S/C22H26ClN3O5.ClH/c1-22(2,9-13-3-5-14(6-4-13)25-18(29)10-23)24-11-17(28)15-7-8-16(27)20-21(15)31-12-19(30)26-20;/h3-8,17,24,27-28H,9-12H2,1-2H3,(H,25,29)(H,26,30);1H. The van der Waals surface area contributed by atoms with Crippen LogP contribution in [0.1, 0.15) is 31.1 Å². The van der Waals surface area contributed by atoms with Gasteiger partial charge in [-0.25, -0.2) is 0 Å². The molecule has 1 aliphatic rings. The number of β-amino-alcohol motifs (C(OH)–C–C–N with tert-alkyl or cyclic N) is 1. The molecule has 1 atom stereocenters. The van der Waals surface area contributed by atoms with Crippen LogP contribution in [0.5, 0.6) is 11.5 Å². The number of hydrogen-bond acceptors (Lipinski definition) is 6. The lowest BCUT2D eigenvalue weighted by atomic mass is 9.94. The van der Waals surface area contributed by atoms with Crippen LogP contribution in [0.15, 0.2) is 36.4 Å². The number of ether oxygens (including phenoxy) is 1. The average molecular weight is 484 g/mol. The van der Waals surface area contributed by atoms with Crippen molar-refractivity contribution >= 4 is 47.2 Å². The van der Waals surface area contributed by atoms with Gasteiger partial charge >= 0.3 is 0 Å². The Morgan fingerprint density at radius 1 is 1.25 bits per heavy atom. The van der Waals surface area contributed by atoms with Crippen LogP contribution in [-0.4, -0.2) is 46.6 Å². The molecule has 1 aliphatic heterocycles. The molecule has 2 aromatic carbocycles. The van der Waals surface area contributed by atoms with E-state index < -0.39 is 6.10 Å². The first-order chi connectivity index (χ1) is 14.7. The number of alkyl halides is 1. The quantitative estimate of drug-likeness (QED) is 0.290. The molecule has 32 heavy (non-hydrogen) atoms. The van der Waals surface area contributed by atoms with Crippen LogP contribution in [-0.2, 0) is 16.0 Å². The largest absolute Gasteiger partial charge is 0.506 e. The predicted octanol–water partition coefficient (Wildman–Crippen LogP) is 2.97. The highest BCUT2D eigenvalue weighted by atomic mass is 35.5. The molecule has 0 radical (unpaired) electrons. The molecule has 0 saturated heterocycles. The van der Waals surface area contributed by atoms with E-state index in [2.05, 4.69) is 16.0 Å². The summed E-state index contributed by atoms with van der Waals surface area (Å²) in [5, 5.41) is 29.3. The van der Waals surface area contributed by atoms with Crippen molar-refractivity contribution in [1.29, 1.82) is 0 Å². The third kappa shape index (κ3) is 6.49. The maximum absolute atomic E-state index is 11.5. The van der Waals surface area contributed by atoms with E-state index in [0.29, 0.717) is 17.7 Å². The number of anilines is 2. The van der Waals surface area contributed by atoms with Gasteiger partial charge in [0.1, 0.15) is 17.3 Å². The number of phenols is 1. The molecule has 2 aromatic rings. The fraction of sp³-hybridized carbons (Fsp3) is 0.364. The highest BCUT2D eigenvalue weighted by Crippen LogP contribution is 2.41. The van der Waals surface area contributed by atoms with E-state index in [1.54, 1.807) is 6.07 Å². The van der Waals surface area contributed by atoms with Gasteiger partial charge in [0.25, 0.3) is 5.91 Å². The number of aliphatic hydroxyl groups is 1. The zero-order chi connectivity index (χ0) is 22.6. The Labute approximate surface area is 197 Å². The summed E-state index contributed by atoms with van der Waals surface area (Å²) in [7, 11) is 0. The zero-order valence-electron chi connectivity index (χ0n) is 17.8. The first kappa shape index (κ1) is 25.7. The Balaban J connectivity index is 0.00000363. The third-order valence-corrected chi connectivity index (χ3v) is 5.16. The number of hydrogen-bond donors (Lipinski definition) is 5. The lowest BCUT2D eigenvalue weighted by Crippen LogP contribution is -2.43. The van der Waals surface area contributed by atoms with Crippen molar-refractivity contribution in [2.75, 3.05) is 29.7 Å². The van der Waals surface area contributed by atoms with E-state index in [0.717, 1.165) is 5.56 Å². The van der Waals surface area contributed by atoms with Crippen LogP contribution in [0.25, 0.3) is 0 Å². The van der Waals surface area contributed by atoms with Crippen molar-refractivity contribution in [3.05, 3.63) is 47.5 Å². The maximum Gasteiger partial charge on any atom is 0.262 e. The molecule has 0 fully saturated rings. The van der Waals surface area contributed by atoms with Crippen LogP contribution >= 0.6 is 24.0 Å². The van der Waals surface area contributed by atoms with Crippen LogP contribution in [0.4, 0.5) is 11.4 Å². The zero-order valence-corrected chi connectivity index (χ0v) is 19.3. The Bertz CT molecular complexity index is 967. The molecule has 10 heteroatoms. The van der Waals surface area contributed by atoms with Crippen molar-refractivity contribution < 1.29 is 24.5 Å². The highest BCUT2D eigenvalue weighted by Gasteiger charge is 2.27. The molecular formula is C22H27Cl2N3O5. The predicted molar refractivity (Wildman–Crippen MR) is 126 cm³/mol. The van der Waals surface area contributed by atoms with Crippen molar-refractivity contribution in [3.63, 3.8) is 0 Å². The minimum Gasteiger partial charge on any atom is -0.506 e. The normalized spacial score (nSPS) is 13.8. The number of halogens is 2. The number of rotatable bonds is 8. The number of amides is 2. The highest BCUT2D eigenvalue weighted by molar-refractivity contribution is 6.29. The molecule has 1 unspecified atom stereocenters. The average Bonchev–Trinajstić information content (AvgIpc) is 2.74. The fourth-order valence-corrected chi connectivity index (χ4v) is 3.46. The van der Waals surface area contributed by atoms with E-state index in [-0.39, 0.29) is 66.0 Å².